The molecule has 4 rings (SSSR count). The lowest BCUT2D eigenvalue weighted by molar-refractivity contribution is 1.19. The minimum atomic E-state index is 0.778. The standard InChI is InChI=1S/C15H10N4/c1-2-6-11-10(5-1)14(17-9-16-11)15-18-12-7-3-4-8-13(12)19-15/h1-9H,(H,18,19). The highest BCUT2D eigenvalue weighted by atomic mass is 15.0. The maximum absolute atomic E-state index is 4.59. The summed E-state index contributed by atoms with van der Waals surface area (Å²) in [6, 6.07) is 15.9. The van der Waals surface area contributed by atoms with Crippen molar-refractivity contribution >= 4 is 21.9 Å². The molecule has 0 bridgehead atoms. The molecule has 0 saturated carbocycles. The molecule has 0 aliphatic carbocycles. The summed E-state index contributed by atoms with van der Waals surface area (Å²) in [5, 5.41) is 1.00. The van der Waals surface area contributed by atoms with Gasteiger partial charge in [0.05, 0.1) is 16.6 Å². The summed E-state index contributed by atoms with van der Waals surface area (Å²) < 4.78 is 0. The predicted molar refractivity (Wildman–Crippen MR) is 74.6 cm³/mol. The highest BCUT2D eigenvalue weighted by Gasteiger charge is 2.10. The van der Waals surface area contributed by atoms with E-state index in [4.69, 9.17) is 0 Å². The van der Waals surface area contributed by atoms with Crippen molar-refractivity contribution in [2.24, 2.45) is 0 Å². The zero-order chi connectivity index (χ0) is 12.7. The number of H-pyrrole nitrogens is 1. The van der Waals surface area contributed by atoms with Gasteiger partial charge in [0.25, 0.3) is 0 Å². The van der Waals surface area contributed by atoms with Crippen molar-refractivity contribution in [3.05, 3.63) is 54.9 Å². The Morgan fingerprint density at radius 3 is 2.47 bits per heavy atom. The number of hydrogen-bond donors (Lipinski definition) is 1. The molecule has 0 amide bonds. The van der Waals surface area contributed by atoms with Crippen LogP contribution in [-0.4, -0.2) is 19.9 Å². The Morgan fingerprint density at radius 2 is 1.58 bits per heavy atom. The largest absolute Gasteiger partial charge is 0.337 e. The molecule has 0 unspecified atom stereocenters. The number of nitrogens with zero attached hydrogens (tertiary/aromatic N) is 3. The van der Waals surface area contributed by atoms with Gasteiger partial charge in [0, 0.05) is 5.39 Å². The Balaban J connectivity index is 2.03. The molecular formula is C15H10N4. The number of fused-ring (bicyclic) bond motifs is 2. The third kappa shape index (κ3) is 1.57. The summed E-state index contributed by atoms with van der Waals surface area (Å²) in [7, 11) is 0. The molecule has 0 aliphatic heterocycles. The first-order valence-corrected chi connectivity index (χ1v) is 6.07. The van der Waals surface area contributed by atoms with Crippen molar-refractivity contribution in [2.75, 3.05) is 0 Å². The molecule has 19 heavy (non-hydrogen) atoms. The first kappa shape index (κ1) is 10.2. The average Bonchev–Trinajstić information content (AvgIpc) is 2.90. The molecule has 0 saturated heterocycles. The number of aromatic amines is 1. The first-order chi connectivity index (χ1) is 9.42. The van der Waals surface area contributed by atoms with E-state index in [9.17, 15) is 0 Å². The number of aromatic nitrogens is 4. The Morgan fingerprint density at radius 1 is 0.789 bits per heavy atom. The Hall–Kier alpha value is -2.75. The Labute approximate surface area is 109 Å². The highest BCUT2D eigenvalue weighted by Crippen LogP contribution is 2.24. The number of hydrogen-bond acceptors (Lipinski definition) is 3. The van der Waals surface area contributed by atoms with Gasteiger partial charge < -0.3 is 4.98 Å². The normalized spacial score (nSPS) is 11.2. The van der Waals surface area contributed by atoms with Crippen LogP contribution in [0.5, 0.6) is 0 Å². The second-order valence-electron chi connectivity index (χ2n) is 4.34. The van der Waals surface area contributed by atoms with Crippen LogP contribution in [0, 0.1) is 0 Å². The molecule has 0 aliphatic rings. The van der Waals surface area contributed by atoms with Crippen LogP contribution in [0.4, 0.5) is 0 Å². The first-order valence-electron chi connectivity index (χ1n) is 6.07. The van der Waals surface area contributed by atoms with E-state index in [0.29, 0.717) is 0 Å². The molecule has 0 fully saturated rings. The number of imidazole rings is 1. The molecule has 0 radical (unpaired) electrons. The molecule has 90 valence electrons. The molecule has 2 aromatic carbocycles. The van der Waals surface area contributed by atoms with Crippen molar-refractivity contribution in [3.63, 3.8) is 0 Å². The quantitative estimate of drug-likeness (QED) is 0.561. The molecule has 2 aromatic heterocycles. The smallest absolute Gasteiger partial charge is 0.157 e. The van der Waals surface area contributed by atoms with Gasteiger partial charge >= 0.3 is 0 Å². The molecule has 4 heteroatoms. The monoisotopic (exact) mass is 246 g/mol. The van der Waals surface area contributed by atoms with Gasteiger partial charge in [-0.05, 0) is 18.2 Å². The second kappa shape index (κ2) is 3.88. The number of para-hydroxylation sites is 3. The van der Waals surface area contributed by atoms with Gasteiger partial charge in [-0.2, -0.15) is 0 Å². The van der Waals surface area contributed by atoms with Crippen LogP contribution in [-0.2, 0) is 0 Å². The van der Waals surface area contributed by atoms with Gasteiger partial charge in [-0.1, -0.05) is 30.3 Å². The number of rotatable bonds is 1. The van der Waals surface area contributed by atoms with Crippen LogP contribution < -0.4 is 0 Å². The minimum Gasteiger partial charge on any atom is -0.337 e. The van der Waals surface area contributed by atoms with Crippen LogP contribution in [0.15, 0.2) is 54.9 Å². The topological polar surface area (TPSA) is 54.5 Å². The molecule has 4 nitrogen and oxygen atoms in total. The van der Waals surface area contributed by atoms with E-state index in [1.807, 2.05) is 48.5 Å². The second-order valence-corrected chi connectivity index (χ2v) is 4.34. The summed E-state index contributed by atoms with van der Waals surface area (Å²) in [5.41, 5.74) is 3.72. The van der Waals surface area contributed by atoms with Crippen LogP contribution >= 0.6 is 0 Å². The van der Waals surface area contributed by atoms with Gasteiger partial charge in [-0.25, -0.2) is 15.0 Å². The molecule has 2 heterocycles. The van der Waals surface area contributed by atoms with E-state index in [1.54, 1.807) is 6.33 Å². The lowest BCUT2D eigenvalue weighted by atomic mass is 10.2. The van der Waals surface area contributed by atoms with E-state index in [0.717, 1.165) is 33.5 Å². The maximum atomic E-state index is 4.59. The summed E-state index contributed by atoms with van der Waals surface area (Å²) in [4.78, 5) is 16.5. The van der Waals surface area contributed by atoms with E-state index < -0.39 is 0 Å². The Kier molecular flexibility index (Phi) is 2.08. The highest BCUT2D eigenvalue weighted by molar-refractivity contribution is 5.92. The van der Waals surface area contributed by atoms with Crippen molar-refractivity contribution < 1.29 is 0 Å². The predicted octanol–water partition coefficient (Wildman–Crippen LogP) is 3.17. The van der Waals surface area contributed by atoms with Crippen molar-refractivity contribution in [1.29, 1.82) is 0 Å². The van der Waals surface area contributed by atoms with Crippen molar-refractivity contribution in [3.8, 4) is 11.5 Å². The van der Waals surface area contributed by atoms with Gasteiger partial charge in [-0.15, -0.1) is 0 Å². The van der Waals surface area contributed by atoms with E-state index in [1.165, 1.54) is 0 Å². The summed E-state index contributed by atoms with van der Waals surface area (Å²) in [6.45, 7) is 0. The number of benzene rings is 2. The van der Waals surface area contributed by atoms with Gasteiger partial charge in [0.1, 0.15) is 12.0 Å². The van der Waals surface area contributed by atoms with Crippen LogP contribution in [0.25, 0.3) is 33.5 Å². The molecular weight excluding hydrogens is 236 g/mol. The Bertz CT molecular complexity index is 841. The summed E-state index contributed by atoms with van der Waals surface area (Å²) in [5.74, 6) is 0.778. The lowest BCUT2D eigenvalue weighted by Crippen LogP contribution is -1.90. The molecule has 0 spiro atoms. The molecule has 1 N–H and O–H groups in total. The fraction of sp³-hybridized carbons (Fsp3) is 0. The summed E-state index contributed by atoms with van der Waals surface area (Å²) >= 11 is 0. The van der Waals surface area contributed by atoms with E-state index >= 15 is 0 Å². The minimum absolute atomic E-state index is 0.778. The third-order valence-electron chi connectivity index (χ3n) is 3.16. The number of nitrogens with one attached hydrogen (secondary N) is 1. The molecule has 4 aromatic rings. The van der Waals surface area contributed by atoms with Crippen LogP contribution in [0.3, 0.4) is 0 Å². The molecule has 0 atom stereocenters. The van der Waals surface area contributed by atoms with Gasteiger partial charge in [0.15, 0.2) is 5.82 Å². The van der Waals surface area contributed by atoms with Crippen LogP contribution in [0.2, 0.25) is 0 Å². The van der Waals surface area contributed by atoms with Crippen molar-refractivity contribution in [2.45, 2.75) is 0 Å². The van der Waals surface area contributed by atoms with Crippen LogP contribution in [0.1, 0.15) is 0 Å². The maximum Gasteiger partial charge on any atom is 0.157 e. The summed E-state index contributed by atoms with van der Waals surface area (Å²) in [6.07, 6.45) is 1.57. The average molecular weight is 246 g/mol. The van der Waals surface area contributed by atoms with Gasteiger partial charge in [-0.3, -0.25) is 0 Å². The van der Waals surface area contributed by atoms with E-state index in [2.05, 4.69) is 19.9 Å². The van der Waals surface area contributed by atoms with Crippen molar-refractivity contribution in [1.82, 2.24) is 19.9 Å². The van der Waals surface area contributed by atoms with E-state index in [-0.39, 0.29) is 0 Å². The fourth-order valence-electron chi connectivity index (χ4n) is 2.26. The van der Waals surface area contributed by atoms with Gasteiger partial charge in [0.2, 0.25) is 0 Å². The zero-order valence-electron chi connectivity index (χ0n) is 10.0. The zero-order valence-corrected chi connectivity index (χ0v) is 10.0. The SMILES string of the molecule is c1ccc2[nH]c(-c3ncnc4ccccc34)nc2c1. The lowest BCUT2D eigenvalue weighted by Gasteiger charge is -2.01. The third-order valence-corrected chi connectivity index (χ3v) is 3.16. The fourth-order valence-corrected chi connectivity index (χ4v) is 2.26.